The van der Waals surface area contributed by atoms with Gasteiger partial charge in [-0.15, -0.1) is 0 Å². The highest BCUT2D eigenvalue weighted by molar-refractivity contribution is 5.79. The number of hydrogen-bond donors (Lipinski definition) is 3. The second kappa shape index (κ2) is 7.42. The van der Waals surface area contributed by atoms with Crippen molar-refractivity contribution in [2.75, 3.05) is 19.0 Å². The van der Waals surface area contributed by atoms with Gasteiger partial charge in [0.05, 0.1) is 12.8 Å². The van der Waals surface area contributed by atoms with Gasteiger partial charge < -0.3 is 21.0 Å². The van der Waals surface area contributed by atoms with E-state index in [-0.39, 0.29) is 5.84 Å². The number of nitrogens with one attached hydrogen (secondary N) is 1. The lowest BCUT2D eigenvalue weighted by Crippen LogP contribution is -2.12. The Morgan fingerprint density at radius 2 is 2.22 bits per heavy atom. The minimum absolute atomic E-state index is 0.281. The van der Waals surface area contributed by atoms with Crippen LogP contribution in [0.3, 0.4) is 0 Å². The number of hydrogen-bond acceptors (Lipinski definition) is 4. The van der Waals surface area contributed by atoms with Gasteiger partial charge in [0, 0.05) is 13.0 Å². The quantitative estimate of drug-likeness (QED) is 0.228. The molecule has 0 bridgehead atoms. The van der Waals surface area contributed by atoms with Crippen LogP contribution in [-0.2, 0) is 0 Å². The molecular weight excluding hydrogens is 230 g/mol. The maximum absolute atomic E-state index is 8.40. The zero-order chi connectivity index (χ0) is 13.4. The Balaban J connectivity index is 2.37. The molecule has 100 valence electrons. The Kier molecular flexibility index (Phi) is 5.84. The molecule has 0 aliphatic rings. The monoisotopic (exact) mass is 251 g/mol. The molecule has 0 spiro atoms. The third-order valence-corrected chi connectivity index (χ3v) is 2.66. The maximum Gasteiger partial charge on any atom is 0.141 e. The first kappa shape index (κ1) is 14.2. The van der Waals surface area contributed by atoms with E-state index < -0.39 is 0 Å². The van der Waals surface area contributed by atoms with E-state index in [1.54, 1.807) is 7.11 Å². The predicted octanol–water partition coefficient (Wildman–Crippen LogP) is 2.33. The van der Waals surface area contributed by atoms with Crippen LogP contribution in [0.5, 0.6) is 5.75 Å². The van der Waals surface area contributed by atoms with Crippen LogP contribution in [-0.4, -0.2) is 24.7 Å². The summed E-state index contributed by atoms with van der Waals surface area (Å²) in [7, 11) is 1.66. The van der Waals surface area contributed by atoms with E-state index in [2.05, 4.69) is 16.5 Å². The number of amidine groups is 1. The first-order chi connectivity index (χ1) is 8.67. The molecule has 0 aliphatic carbocycles. The fourth-order valence-electron chi connectivity index (χ4n) is 1.66. The number of oxime groups is 1. The summed E-state index contributed by atoms with van der Waals surface area (Å²) in [5.74, 6) is 1.13. The Morgan fingerprint density at radius 3 is 2.89 bits per heavy atom. The van der Waals surface area contributed by atoms with Crippen molar-refractivity contribution in [3.05, 3.63) is 23.8 Å². The Bertz CT molecular complexity index is 405. The van der Waals surface area contributed by atoms with Crippen LogP contribution in [0.1, 0.15) is 24.8 Å². The molecule has 1 aromatic carbocycles. The second-order valence-corrected chi connectivity index (χ2v) is 4.18. The van der Waals surface area contributed by atoms with E-state index in [0.717, 1.165) is 30.8 Å². The normalized spacial score (nSPS) is 11.3. The van der Waals surface area contributed by atoms with Crippen LogP contribution < -0.4 is 15.8 Å². The van der Waals surface area contributed by atoms with E-state index in [1.165, 1.54) is 5.56 Å². The van der Waals surface area contributed by atoms with Crippen molar-refractivity contribution in [3.63, 3.8) is 0 Å². The topological polar surface area (TPSA) is 79.9 Å². The van der Waals surface area contributed by atoms with Gasteiger partial charge in [-0.2, -0.15) is 0 Å². The van der Waals surface area contributed by atoms with Gasteiger partial charge in [0.2, 0.25) is 0 Å². The molecule has 0 amide bonds. The highest BCUT2D eigenvalue weighted by atomic mass is 16.5. The van der Waals surface area contributed by atoms with Crippen molar-refractivity contribution in [1.29, 1.82) is 0 Å². The molecule has 5 nitrogen and oxygen atoms in total. The third-order valence-electron chi connectivity index (χ3n) is 2.66. The lowest BCUT2D eigenvalue weighted by Gasteiger charge is -2.11. The number of nitrogens with two attached hydrogens (primary N) is 1. The molecule has 0 radical (unpaired) electrons. The first-order valence-corrected chi connectivity index (χ1v) is 6.02. The lowest BCUT2D eigenvalue weighted by molar-refractivity contribution is 0.316. The zero-order valence-electron chi connectivity index (χ0n) is 10.9. The number of nitrogens with zero attached hydrogens (tertiary/aromatic N) is 1. The van der Waals surface area contributed by atoms with Crippen molar-refractivity contribution < 1.29 is 9.94 Å². The molecule has 0 unspecified atom stereocenters. The summed E-state index contributed by atoms with van der Waals surface area (Å²) in [6.07, 6.45) is 2.45. The molecule has 0 atom stereocenters. The van der Waals surface area contributed by atoms with E-state index in [0.29, 0.717) is 6.42 Å². The van der Waals surface area contributed by atoms with Crippen molar-refractivity contribution in [2.45, 2.75) is 26.2 Å². The molecule has 1 rings (SSSR count). The smallest absolute Gasteiger partial charge is 0.141 e. The summed E-state index contributed by atoms with van der Waals surface area (Å²) in [6.45, 7) is 2.88. The van der Waals surface area contributed by atoms with Crippen LogP contribution in [0, 0.1) is 6.92 Å². The molecule has 0 saturated heterocycles. The molecule has 1 aromatic rings. The number of unbranched alkanes of at least 4 members (excludes halogenated alkanes) is 1. The van der Waals surface area contributed by atoms with Gasteiger partial charge in [-0.25, -0.2) is 0 Å². The number of methoxy groups -OCH3 is 1. The van der Waals surface area contributed by atoms with Gasteiger partial charge in [-0.3, -0.25) is 0 Å². The van der Waals surface area contributed by atoms with Gasteiger partial charge in [0.25, 0.3) is 0 Å². The summed E-state index contributed by atoms with van der Waals surface area (Å²) >= 11 is 0. The average molecular weight is 251 g/mol. The molecule has 18 heavy (non-hydrogen) atoms. The van der Waals surface area contributed by atoms with Gasteiger partial charge in [0.1, 0.15) is 11.6 Å². The van der Waals surface area contributed by atoms with Crippen LogP contribution >= 0.6 is 0 Å². The van der Waals surface area contributed by atoms with Crippen molar-refractivity contribution >= 4 is 11.5 Å². The van der Waals surface area contributed by atoms with Gasteiger partial charge in [0.15, 0.2) is 0 Å². The second-order valence-electron chi connectivity index (χ2n) is 4.18. The minimum atomic E-state index is 0.281. The number of anilines is 1. The third kappa shape index (κ3) is 4.53. The van der Waals surface area contributed by atoms with Crippen molar-refractivity contribution in [1.82, 2.24) is 0 Å². The molecule has 5 heteroatoms. The average Bonchev–Trinajstić information content (AvgIpc) is 2.38. The molecule has 0 heterocycles. The molecule has 4 N–H and O–H groups in total. The number of benzene rings is 1. The molecular formula is C13H21N3O2. The summed E-state index contributed by atoms with van der Waals surface area (Å²) < 4.78 is 5.28. The van der Waals surface area contributed by atoms with E-state index in [1.807, 2.05) is 19.1 Å². The zero-order valence-corrected chi connectivity index (χ0v) is 10.9. The maximum atomic E-state index is 8.40. The highest BCUT2D eigenvalue weighted by Crippen LogP contribution is 2.25. The van der Waals surface area contributed by atoms with Gasteiger partial charge >= 0.3 is 0 Å². The first-order valence-electron chi connectivity index (χ1n) is 6.02. The van der Waals surface area contributed by atoms with E-state index >= 15 is 0 Å². The summed E-state index contributed by atoms with van der Waals surface area (Å²) in [4.78, 5) is 0. The van der Waals surface area contributed by atoms with Crippen LogP contribution in [0.25, 0.3) is 0 Å². The van der Waals surface area contributed by atoms with Gasteiger partial charge in [-0.1, -0.05) is 11.2 Å². The van der Waals surface area contributed by atoms with Gasteiger partial charge in [-0.05, 0) is 37.5 Å². The van der Waals surface area contributed by atoms with Crippen molar-refractivity contribution in [2.24, 2.45) is 10.9 Å². The molecule has 0 fully saturated rings. The number of ether oxygens (including phenoxy) is 1. The largest absolute Gasteiger partial charge is 0.495 e. The Morgan fingerprint density at radius 1 is 1.44 bits per heavy atom. The Labute approximate surface area is 108 Å². The lowest BCUT2D eigenvalue weighted by atomic mass is 10.2. The fourth-order valence-corrected chi connectivity index (χ4v) is 1.66. The fraction of sp³-hybridized carbons (Fsp3) is 0.462. The number of aryl methyl sites for hydroxylation is 1. The number of rotatable bonds is 7. The molecule has 0 aliphatic heterocycles. The summed E-state index contributed by atoms with van der Waals surface area (Å²) in [6, 6.07) is 6.03. The van der Waals surface area contributed by atoms with E-state index in [4.69, 9.17) is 15.7 Å². The van der Waals surface area contributed by atoms with Crippen LogP contribution in [0.2, 0.25) is 0 Å². The summed E-state index contributed by atoms with van der Waals surface area (Å²) in [5.41, 5.74) is 7.58. The van der Waals surface area contributed by atoms with Crippen LogP contribution in [0.15, 0.2) is 23.4 Å². The standard InChI is InChI=1S/C13H21N3O2/c1-10-6-7-12(18-2)11(9-10)15-8-4-3-5-13(14)16-17/h6-7,9,15,17H,3-5,8H2,1-2H3,(H2,14,16). The van der Waals surface area contributed by atoms with Crippen molar-refractivity contribution in [3.8, 4) is 5.75 Å². The SMILES string of the molecule is COc1ccc(C)cc1NCCCCC(N)=NO. The predicted molar refractivity (Wildman–Crippen MR) is 73.5 cm³/mol. The minimum Gasteiger partial charge on any atom is -0.495 e. The molecule has 0 saturated carbocycles. The van der Waals surface area contributed by atoms with Crippen LogP contribution in [0.4, 0.5) is 5.69 Å². The van der Waals surface area contributed by atoms with E-state index in [9.17, 15) is 0 Å². The Hall–Kier alpha value is -1.91. The molecule has 0 aromatic heterocycles. The highest BCUT2D eigenvalue weighted by Gasteiger charge is 2.02. The summed E-state index contributed by atoms with van der Waals surface area (Å²) in [5, 5.41) is 14.7.